The molecule has 0 fully saturated rings. The van der Waals surface area contributed by atoms with Crippen molar-refractivity contribution in [2.75, 3.05) is 18.8 Å². The molecule has 0 saturated heterocycles. The van der Waals surface area contributed by atoms with Crippen LogP contribution in [0.3, 0.4) is 0 Å². The zero-order chi connectivity index (χ0) is 13.7. The van der Waals surface area contributed by atoms with Gasteiger partial charge in [0.05, 0.1) is 12.0 Å². The van der Waals surface area contributed by atoms with E-state index in [-0.39, 0.29) is 22.8 Å². The summed E-state index contributed by atoms with van der Waals surface area (Å²) in [5.41, 5.74) is 5.94. The number of hydrogen-bond acceptors (Lipinski definition) is 4. The summed E-state index contributed by atoms with van der Waals surface area (Å²) in [6.07, 6.45) is 0. The third-order valence-corrected chi connectivity index (χ3v) is 2.64. The van der Waals surface area contributed by atoms with E-state index in [1.54, 1.807) is 11.8 Å². The van der Waals surface area contributed by atoms with Crippen molar-refractivity contribution in [3.05, 3.63) is 22.8 Å². The highest BCUT2D eigenvalue weighted by Gasteiger charge is 2.17. The van der Waals surface area contributed by atoms with Crippen molar-refractivity contribution in [2.45, 2.75) is 13.8 Å². The van der Waals surface area contributed by atoms with E-state index in [1.807, 2.05) is 6.92 Å². The predicted octanol–water partition coefficient (Wildman–Crippen LogP) is 1.94. The van der Waals surface area contributed by atoms with Crippen molar-refractivity contribution in [1.82, 2.24) is 9.88 Å². The fourth-order valence-corrected chi connectivity index (χ4v) is 1.77. The Labute approximate surface area is 111 Å². The van der Waals surface area contributed by atoms with Crippen LogP contribution in [0.1, 0.15) is 24.2 Å². The summed E-state index contributed by atoms with van der Waals surface area (Å²) < 4.78 is 0. The van der Waals surface area contributed by atoms with Crippen molar-refractivity contribution in [3.63, 3.8) is 0 Å². The van der Waals surface area contributed by atoms with Crippen LogP contribution >= 0.6 is 11.6 Å². The second-order valence-corrected chi connectivity index (χ2v) is 4.36. The maximum absolute atomic E-state index is 12.2. The van der Waals surface area contributed by atoms with Gasteiger partial charge in [0.2, 0.25) is 0 Å². The SMILES string of the molecule is CCN(CC(C)C#N)C(=O)c1cc(N)nc(Cl)c1. The maximum Gasteiger partial charge on any atom is 0.254 e. The number of nitrogen functional groups attached to an aromatic ring is 1. The van der Waals surface area contributed by atoms with Gasteiger partial charge in [-0.15, -0.1) is 0 Å². The summed E-state index contributed by atoms with van der Waals surface area (Å²) >= 11 is 5.76. The second kappa shape index (κ2) is 6.22. The number of rotatable bonds is 4. The number of nitrogens with two attached hydrogens (primary N) is 1. The Morgan fingerprint density at radius 1 is 1.67 bits per heavy atom. The number of halogens is 1. The highest BCUT2D eigenvalue weighted by molar-refractivity contribution is 6.29. The molecular weight excluding hydrogens is 252 g/mol. The van der Waals surface area contributed by atoms with E-state index in [9.17, 15) is 4.79 Å². The topological polar surface area (TPSA) is 83.0 Å². The number of carbonyl (C=O) groups excluding carboxylic acids is 1. The van der Waals surface area contributed by atoms with Gasteiger partial charge >= 0.3 is 0 Å². The maximum atomic E-state index is 12.2. The summed E-state index contributed by atoms with van der Waals surface area (Å²) in [4.78, 5) is 17.6. The average Bonchev–Trinajstić information content (AvgIpc) is 2.33. The second-order valence-electron chi connectivity index (χ2n) is 3.98. The van der Waals surface area contributed by atoms with Gasteiger partial charge in [0.1, 0.15) is 11.0 Å². The van der Waals surface area contributed by atoms with Crippen LogP contribution in [0.25, 0.3) is 0 Å². The lowest BCUT2D eigenvalue weighted by Crippen LogP contribution is -2.34. The van der Waals surface area contributed by atoms with Crippen LogP contribution in [0.2, 0.25) is 5.15 Å². The van der Waals surface area contributed by atoms with Gasteiger partial charge in [0, 0.05) is 18.7 Å². The molecule has 1 rings (SSSR count). The van der Waals surface area contributed by atoms with Gasteiger partial charge in [-0.1, -0.05) is 11.6 Å². The predicted molar refractivity (Wildman–Crippen MR) is 70.0 cm³/mol. The Kier molecular flexibility index (Phi) is 4.93. The van der Waals surface area contributed by atoms with Crippen molar-refractivity contribution in [2.24, 2.45) is 5.92 Å². The smallest absolute Gasteiger partial charge is 0.254 e. The molecule has 1 unspecified atom stereocenters. The number of anilines is 1. The molecule has 0 aromatic carbocycles. The van der Waals surface area contributed by atoms with E-state index in [2.05, 4.69) is 11.1 Å². The van der Waals surface area contributed by atoms with Gasteiger partial charge in [0.25, 0.3) is 5.91 Å². The standard InChI is InChI=1S/C12H15ClN4O/c1-3-17(7-8(2)6-14)12(18)9-4-10(13)16-11(15)5-9/h4-5,8H,3,7H2,1-2H3,(H2,15,16). The van der Waals surface area contributed by atoms with Crippen LogP contribution in [-0.4, -0.2) is 28.9 Å². The number of carbonyl (C=O) groups is 1. The Morgan fingerprint density at radius 2 is 2.33 bits per heavy atom. The minimum atomic E-state index is -0.219. The first-order valence-corrected chi connectivity index (χ1v) is 5.97. The lowest BCUT2D eigenvalue weighted by molar-refractivity contribution is 0.0752. The Bertz CT molecular complexity index is 463. The van der Waals surface area contributed by atoms with Gasteiger partial charge < -0.3 is 10.6 Å². The van der Waals surface area contributed by atoms with Gasteiger partial charge in [-0.2, -0.15) is 5.26 Å². The van der Waals surface area contributed by atoms with Crippen LogP contribution in [0.4, 0.5) is 5.82 Å². The van der Waals surface area contributed by atoms with E-state index in [1.165, 1.54) is 12.1 Å². The quantitative estimate of drug-likeness (QED) is 0.844. The van der Waals surface area contributed by atoms with Crippen molar-refractivity contribution in [3.8, 4) is 6.07 Å². The highest BCUT2D eigenvalue weighted by Crippen LogP contribution is 2.15. The van der Waals surface area contributed by atoms with Crippen LogP contribution in [0.5, 0.6) is 0 Å². The lowest BCUT2D eigenvalue weighted by atomic mass is 10.1. The molecule has 5 nitrogen and oxygen atoms in total. The summed E-state index contributed by atoms with van der Waals surface area (Å²) in [5.74, 6) is -0.214. The summed E-state index contributed by atoms with van der Waals surface area (Å²) in [7, 11) is 0. The number of nitrogens with zero attached hydrogens (tertiary/aromatic N) is 3. The highest BCUT2D eigenvalue weighted by atomic mass is 35.5. The van der Waals surface area contributed by atoms with Crippen LogP contribution in [0, 0.1) is 17.2 Å². The van der Waals surface area contributed by atoms with E-state index in [0.717, 1.165) is 0 Å². The Morgan fingerprint density at radius 3 is 2.83 bits per heavy atom. The van der Waals surface area contributed by atoms with Gasteiger partial charge in [-0.3, -0.25) is 4.79 Å². The zero-order valence-electron chi connectivity index (χ0n) is 10.4. The summed E-state index contributed by atoms with van der Waals surface area (Å²) in [6.45, 7) is 4.52. The molecule has 1 atom stereocenters. The molecule has 0 aliphatic carbocycles. The molecule has 96 valence electrons. The van der Waals surface area contributed by atoms with E-state index < -0.39 is 0 Å². The molecule has 0 spiro atoms. The molecule has 0 aliphatic heterocycles. The van der Waals surface area contributed by atoms with Crippen LogP contribution in [-0.2, 0) is 0 Å². The summed E-state index contributed by atoms with van der Waals surface area (Å²) in [5, 5.41) is 8.96. The van der Waals surface area contributed by atoms with Crippen LogP contribution < -0.4 is 5.73 Å². The lowest BCUT2D eigenvalue weighted by Gasteiger charge is -2.22. The van der Waals surface area contributed by atoms with Crippen molar-refractivity contribution in [1.29, 1.82) is 5.26 Å². The largest absolute Gasteiger partial charge is 0.384 e. The number of nitriles is 1. The van der Waals surface area contributed by atoms with Gasteiger partial charge in [-0.05, 0) is 26.0 Å². The van der Waals surface area contributed by atoms with E-state index >= 15 is 0 Å². The number of aromatic nitrogens is 1. The molecule has 6 heteroatoms. The van der Waals surface area contributed by atoms with Crippen molar-refractivity contribution < 1.29 is 4.79 Å². The molecule has 1 aromatic heterocycles. The Hall–Kier alpha value is -1.80. The minimum Gasteiger partial charge on any atom is -0.384 e. The molecule has 1 aromatic rings. The molecule has 0 saturated carbocycles. The average molecular weight is 267 g/mol. The number of pyridine rings is 1. The minimum absolute atomic E-state index is 0.183. The molecule has 1 heterocycles. The first-order chi connectivity index (χ1) is 8.47. The third-order valence-electron chi connectivity index (χ3n) is 2.44. The molecule has 18 heavy (non-hydrogen) atoms. The third kappa shape index (κ3) is 3.60. The van der Waals surface area contributed by atoms with Crippen LogP contribution in [0.15, 0.2) is 12.1 Å². The first-order valence-electron chi connectivity index (χ1n) is 5.59. The number of hydrogen-bond donors (Lipinski definition) is 1. The summed E-state index contributed by atoms with van der Waals surface area (Å²) in [6, 6.07) is 5.05. The van der Waals surface area contributed by atoms with Gasteiger partial charge in [0.15, 0.2) is 0 Å². The molecule has 0 aliphatic rings. The molecule has 0 bridgehead atoms. The molecular formula is C12H15ClN4O. The van der Waals surface area contributed by atoms with E-state index in [4.69, 9.17) is 22.6 Å². The zero-order valence-corrected chi connectivity index (χ0v) is 11.1. The molecule has 2 N–H and O–H groups in total. The van der Waals surface area contributed by atoms with E-state index in [0.29, 0.717) is 18.7 Å². The first kappa shape index (κ1) is 14.3. The monoisotopic (exact) mass is 266 g/mol. The van der Waals surface area contributed by atoms with Crippen molar-refractivity contribution >= 4 is 23.3 Å². The fourth-order valence-electron chi connectivity index (χ4n) is 1.55. The molecule has 0 radical (unpaired) electrons. The fraction of sp³-hybridized carbons (Fsp3) is 0.417. The Balaban J connectivity index is 2.93. The number of amides is 1. The normalized spacial score (nSPS) is 11.7. The van der Waals surface area contributed by atoms with Gasteiger partial charge in [-0.25, -0.2) is 4.98 Å². The molecule has 1 amide bonds.